The monoisotopic (exact) mass is 662 g/mol. The molecule has 1 fully saturated rings. The Hall–Kier alpha value is -4.82. The minimum absolute atomic E-state index is 0.0132. The van der Waals surface area contributed by atoms with Crippen molar-refractivity contribution in [3.05, 3.63) is 41.8 Å². The van der Waals surface area contributed by atoms with Gasteiger partial charge in [0.1, 0.15) is 35.5 Å². The van der Waals surface area contributed by atoms with Crippen LogP contribution in [0.2, 0.25) is 0 Å². The number of nitrogens with one attached hydrogen (secondary N) is 2. The Morgan fingerprint density at radius 3 is 2.71 bits per heavy atom. The number of nitrogens with two attached hydrogens (primary N) is 3. The Bertz CT molecular complexity index is 1590. The first-order valence-electron chi connectivity index (χ1n) is 13.4. The summed E-state index contributed by atoms with van der Waals surface area (Å²) in [5, 5.41) is 27.9. The number of aliphatic carboxylic acids is 2. The minimum Gasteiger partial charge on any atom is -0.478 e. The molecular formula is C25H32N11O7S2+. The van der Waals surface area contributed by atoms with Crippen molar-refractivity contribution >= 4 is 69.4 Å². The Balaban J connectivity index is 1.48. The number of nitrogens with zero attached hydrogens (tertiary/aromatic N) is 6. The maximum absolute atomic E-state index is 13.2. The zero-order valence-corrected chi connectivity index (χ0v) is 25.8. The van der Waals surface area contributed by atoms with Gasteiger partial charge < -0.3 is 42.9 Å². The summed E-state index contributed by atoms with van der Waals surface area (Å²) < 4.78 is 5.68. The van der Waals surface area contributed by atoms with E-state index in [2.05, 4.69) is 30.1 Å². The van der Waals surface area contributed by atoms with Crippen molar-refractivity contribution in [2.45, 2.75) is 43.8 Å². The molecule has 0 spiro atoms. The number of fused-ring (bicyclic) bond motifs is 1. The van der Waals surface area contributed by atoms with Gasteiger partial charge in [-0.3, -0.25) is 14.5 Å². The molecule has 0 saturated carbocycles. The molecule has 240 valence electrons. The van der Waals surface area contributed by atoms with Crippen molar-refractivity contribution < 1.29 is 38.8 Å². The number of allylic oxidation sites excluding steroid dienone is 2. The normalized spacial score (nSPS) is 18.4. The van der Waals surface area contributed by atoms with Crippen LogP contribution >= 0.6 is 23.3 Å². The number of anilines is 3. The molecule has 2 aromatic rings. The number of hydrogen-bond donors (Lipinski definition) is 7. The van der Waals surface area contributed by atoms with Crippen LogP contribution in [0.15, 0.2) is 41.1 Å². The molecule has 20 heteroatoms. The minimum atomic E-state index is -1.80. The summed E-state index contributed by atoms with van der Waals surface area (Å²) in [5.74, 6) is -3.92. The van der Waals surface area contributed by atoms with Crippen LogP contribution in [0.25, 0.3) is 0 Å². The number of carboxylic acids is 2. The van der Waals surface area contributed by atoms with Crippen LogP contribution in [-0.4, -0.2) is 94.8 Å². The molecule has 0 bridgehead atoms. The number of β-lactam (4-membered cyclic amide) rings is 1. The molecule has 10 N–H and O–H groups in total. The molecule has 4 heterocycles. The number of hydrogen-bond acceptors (Lipinski definition) is 15. The lowest BCUT2D eigenvalue weighted by Crippen LogP contribution is -2.71. The molecule has 1 saturated heterocycles. The molecule has 2 aliphatic rings. The van der Waals surface area contributed by atoms with Crippen molar-refractivity contribution in [1.82, 2.24) is 24.6 Å². The van der Waals surface area contributed by atoms with Crippen molar-refractivity contribution in [3.8, 4) is 0 Å². The fourth-order valence-electron chi connectivity index (χ4n) is 4.04. The molecule has 0 aromatic carbocycles. The number of carbonyl (C=O) groups is 4. The van der Waals surface area contributed by atoms with Crippen molar-refractivity contribution in [3.63, 3.8) is 0 Å². The number of rotatable bonds is 14. The van der Waals surface area contributed by atoms with Gasteiger partial charge in [-0.05, 0) is 43.4 Å². The van der Waals surface area contributed by atoms with E-state index in [0.717, 1.165) is 22.9 Å². The van der Waals surface area contributed by atoms with Crippen LogP contribution in [0.5, 0.6) is 0 Å². The molecule has 2 aromatic heterocycles. The summed E-state index contributed by atoms with van der Waals surface area (Å²) >= 11 is 2.02. The summed E-state index contributed by atoms with van der Waals surface area (Å²) in [5.41, 5.74) is 15.6. The molecule has 0 radical (unpaired) electrons. The SMILES string of the molecule is CC(C)(O/N=C(\C(=O)N[C@@H]1C(=O)N2C(C(=O)O)=C(/C=C/C[n+]3cnc(N)c(NCCCN)c3)CS[C@H]12)c1nsc(N)n1)C(=O)O. The summed E-state index contributed by atoms with van der Waals surface area (Å²) in [4.78, 5) is 64.3. The first kappa shape index (κ1) is 33.1. The highest BCUT2D eigenvalue weighted by atomic mass is 32.2. The molecular weight excluding hydrogens is 630 g/mol. The second-order valence-electron chi connectivity index (χ2n) is 10.2. The topological polar surface area (TPSA) is 278 Å². The van der Waals surface area contributed by atoms with E-state index in [-0.39, 0.29) is 22.4 Å². The van der Waals surface area contributed by atoms with Gasteiger partial charge in [0.05, 0.1) is 0 Å². The molecule has 0 unspecified atom stereocenters. The average Bonchev–Trinajstić information content (AvgIpc) is 3.42. The van der Waals surface area contributed by atoms with Gasteiger partial charge in [0.2, 0.25) is 17.1 Å². The standard InChI is InChI=1S/C25H31N11O7S2/c1-25(2,23(41)42)43-33-14(18-32-24(28)45-34-18)19(37)31-15-20(38)36-16(22(39)40)12(10-44-21(15)36)5-3-8-35-9-13(17(27)30-11-35)29-7-4-6-26/h3,5,9,11,15,21,27,29H,4,6-8,10,26H2,1-2H3,(H5,28,31,32,34,37,39,40,41,42)/p+1/b5-3+,33-14-/t15-,21-/m1/s1. The lowest BCUT2D eigenvalue weighted by Gasteiger charge is -2.49. The van der Waals surface area contributed by atoms with E-state index in [0.29, 0.717) is 36.7 Å². The zero-order valence-electron chi connectivity index (χ0n) is 24.2. The number of nitrogen functional groups attached to an aromatic ring is 2. The predicted octanol–water partition coefficient (Wildman–Crippen LogP) is -1.28. The lowest BCUT2D eigenvalue weighted by molar-refractivity contribution is -0.689. The largest absolute Gasteiger partial charge is 0.478 e. The van der Waals surface area contributed by atoms with Crippen LogP contribution in [0.4, 0.5) is 16.6 Å². The average molecular weight is 663 g/mol. The van der Waals surface area contributed by atoms with Gasteiger partial charge in [-0.1, -0.05) is 11.2 Å². The molecule has 4 rings (SSSR count). The molecule has 2 aliphatic heterocycles. The molecule has 18 nitrogen and oxygen atoms in total. The smallest absolute Gasteiger partial charge is 0.352 e. The Morgan fingerprint density at radius 1 is 1.31 bits per heavy atom. The number of amides is 2. The highest BCUT2D eigenvalue weighted by molar-refractivity contribution is 8.00. The maximum Gasteiger partial charge on any atom is 0.352 e. The van der Waals surface area contributed by atoms with Crippen LogP contribution < -0.4 is 32.4 Å². The van der Waals surface area contributed by atoms with Crippen LogP contribution in [0, 0.1) is 0 Å². The maximum atomic E-state index is 13.2. The van der Waals surface area contributed by atoms with E-state index in [1.54, 1.807) is 29.2 Å². The third kappa shape index (κ3) is 7.46. The van der Waals surface area contributed by atoms with Crippen molar-refractivity contribution in [2.24, 2.45) is 10.9 Å². The van der Waals surface area contributed by atoms with E-state index in [9.17, 15) is 29.4 Å². The summed E-state index contributed by atoms with van der Waals surface area (Å²) in [6, 6.07) is -1.11. The summed E-state index contributed by atoms with van der Waals surface area (Å²) in [7, 11) is 0. The predicted molar refractivity (Wildman–Crippen MR) is 163 cm³/mol. The van der Waals surface area contributed by atoms with Gasteiger partial charge in [-0.15, -0.1) is 11.8 Å². The second kappa shape index (κ2) is 13.9. The Labute approximate surface area is 264 Å². The van der Waals surface area contributed by atoms with Crippen LogP contribution in [0.3, 0.4) is 0 Å². The van der Waals surface area contributed by atoms with Crippen molar-refractivity contribution in [2.75, 3.05) is 35.6 Å². The van der Waals surface area contributed by atoms with E-state index < -0.39 is 46.5 Å². The summed E-state index contributed by atoms with van der Waals surface area (Å²) in [6.07, 6.45) is 7.43. The van der Waals surface area contributed by atoms with Gasteiger partial charge in [-0.25, -0.2) is 14.2 Å². The number of thioether (sulfide) groups is 1. The van der Waals surface area contributed by atoms with E-state index in [1.807, 2.05) is 0 Å². The molecule has 45 heavy (non-hydrogen) atoms. The lowest BCUT2D eigenvalue weighted by atomic mass is 10.0. The van der Waals surface area contributed by atoms with Gasteiger partial charge in [0.15, 0.2) is 5.13 Å². The van der Waals surface area contributed by atoms with Gasteiger partial charge >= 0.3 is 11.9 Å². The number of aromatic nitrogens is 4. The van der Waals surface area contributed by atoms with E-state index >= 15 is 0 Å². The van der Waals surface area contributed by atoms with Crippen molar-refractivity contribution in [1.29, 1.82) is 0 Å². The number of carbonyl (C=O) groups excluding carboxylic acids is 2. The highest BCUT2D eigenvalue weighted by Crippen LogP contribution is 2.40. The highest BCUT2D eigenvalue weighted by Gasteiger charge is 2.54. The third-order valence-corrected chi connectivity index (χ3v) is 8.33. The third-order valence-electron chi connectivity index (χ3n) is 6.48. The van der Waals surface area contributed by atoms with E-state index in [1.165, 1.54) is 25.6 Å². The van der Waals surface area contributed by atoms with Gasteiger partial charge in [0.25, 0.3) is 24.0 Å². The number of carboxylic acid groups (broad SMARTS) is 2. The molecule has 2 amide bonds. The summed E-state index contributed by atoms with van der Waals surface area (Å²) in [6.45, 7) is 3.94. The Morgan fingerprint density at radius 2 is 2.07 bits per heavy atom. The van der Waals surface area contributed by atoms with Gasteiger partial charge in [0, 0.05) is 23.8 Å². The fourth-order valence-corrected chi connectivity index (χ4v) is 5.80. The first-order valence-corrected chi connectivity index (χ1v) is 15.2. The van der Waals surface area contributed by atoms with Crippen LogP contribution in [-0.2, 0) is 30.6 Å². The van der Waals surface area contributed by atoms with Gasteiger partial charge in [-0.2, -0.15) is 9.36 Å². The zero-order chi connectivity index (χ0) is 32.9. The van der Waals surface area contributed by atoms with Crippen LogP contribution in [0.1, 0.15) is 26.1 Å². The fraction of sp³-hybridized carbons (Fsp3) is 0.400. The molecule has 0 aliphatic carbocycles. The second-order valence-corrected chi connectivity index (χ2v) is 12.1. The number of oxime groups is 1. The first-order chi connectivity index (χ1) is 21.3. The quantitative estimate of drug-likeness (QED) is 0.0408. The Kier molecular flexibility index (Phi) is 10.2. The molecule has 2 atom stereocenters. The van der Waals surface area contributed by atoms with E-state index in [4.69, 9.17) is 22.0 Å².